The topological polar surface area (TPSA) is 83.1 Å². The van der Waals surface area contributed by atoms with Crippen LogP contribution in [0.4, 0.5) is 16.3 Å². The molecule has 0 unspecified atom stereocenters. The van der Waals surface area contributed by atoms with E-state index >= 15 is 0 Å². The highest BCUT2D eigenvalue weighted by atomic mass is 16.2. The fourth-order valence-corrected chi connectivity index (χ4v) is 2.99. The molecule has 0 atom stereocenters. The third kappa shape index (κ3) is 4.23. The van der Waals surface area contributed by atoms with E-state index in [9.17, 15) is 9.59 Å². The second-order valence-corrected chi connectivity index (χ2v) is 6.29. The predicted octanol–water partition coefficient (Wildman–Crippen LogP) is 4.31. The number of carbonyl (C=O) groups excluding carboxylic acids is 2. The number of aryl methyl sites for hydroxylation is 1. The highest BCUT2D eigenvalue weighted by molar-refractivity contribution is 6.01. The quantitative estimate of drug-likeness (QED) is 0.647. The molecule has 3 aromatic rings. The molecule has 0 radical (unpaired) electrons. The van der Waals surface area contributed by atoms with E-state index in [1.54, 1.807) is 6.20 Å². The van der Waals surface area contributed by atoms with Gasteiger partial charge in [0, 0.05) is 30.7 Å². The van der Waals surface area contributed by atoms with E-state index in [2.05, 4.69) is 20.9 Å². The molecule has 0 aliphatic heterocycles. The lowest BCUT2D eigenvalue weighted by molar-refractivity contribution is -0.114. The van der Waals surface area contributed by atoms with Crippen LogP contribution in [-0.2, 0) is 4.79 Å². The van der Waals surface area contributed by atoms with Crippen molar-refractivity contribution in [2.75, 3.05) is 17.2 Å². The number of aromatic nitrogens is 1. The third-order valence-corrected chi connectivity index (χ3v) is 4.19. The molecule has 0 saturated carbocycles. The molecule has 1 heterocycles. The monoisotopic (exact) mass is 362 g/mol. The summed E-state index contributed by atoms with van der Waals surface area (Å²) in [7, 11) is 0. The largest absolute Gasteiger partial charge is 0.338 e. The Morgan fingerprint density at radius 3 is 2.59 bits per heavy atom. The summed E-state index contributed by atoms with van der Waals surface area (Å²) in [5.74, 6) is 0.372. The van der Waals surface area contributed by atoms with Gasteiger partial charge in [-0.2, -0.15) is 0 Å². The number of hydrogen-bond donors (Lipinski definition) is 3. The van der Waals surface area contributed by atoms with Gasteiger partial charge in [-0.25, -0.2) is 9.78 Å². The van der Waals surface area contributed by atoms with E-state index in [0.29, 0.717) is 12.4 Å². The molecule has 3 amide bonds. The summed E-state index contributed by atoms with van der Waals surface area (Å²) in [5, 5.41) is 10.3. The van der Waals surface area contributed by atoms with Crippen molar-refractivity contribution in [1.82, 2.24) is 10.3 Å². The van der Waals surface area contributed by atoms with Gasteiger partial charge in [-0.15, -0.1) is 0 Å². The lowest BCUT2D eigenvalue weighted by Gasteiger charge is -2.12. The van der Waals surface area contributed by atoms with Crippen LogP contribution in [0, 0.1) is 6.92 Å². The zero-order chi connectivity index (χ0) is 19.4. The maximum atomic E-state index is 11.8. The van der Waals surface area contributed by atoms with Crippen LogP contribution in [0.1, 0.15) is 19.4 Å². The van der Waals surface area contributed by atoms with Crippen molar-refractivity contribution >= 4 is 34.2 Å². The maximum Gasteiger partial charge on any atom is 0.320 e. The molecule has 2 aromatic carbocycles. The van der Waals surface area contributed by atoms with Gasteiger partial charge in [0.2, 0.25) is 5.91 Å². The zero-order valence-electron chi connectivity index (χ0n) is 15.6. The molecule has 0 aliphatic rings. The van der Waals surface area contributed by atoms with Crippen molar-refractivity contribution in [1.29, 1.82) is 0 Å². The van der Waals surface area contributed by atoms with Gasteiger partial charge in [0.15, 0.2) is 0 Å². The number of rotatable bonds is 4. The van der Waals surface area contributed by atoms with E-state index in [4.69, 9.17) is 0 Å². The van der Waals surface area contributed by atoms with E-state index in [1.165, 1.54) is 6.92 Å². The van der Waals surface area contributed by atoms with Crippen molar-refractivity contribution in [2.24, 2.45) is 0 Å². The molecule has 0 fully saturated rings. The molecule has 0 bridgehead atoms. The number of carbonyl (C=O) groups is 2. The van der Waals surface area contributed by atoms with Gasteiger partial charge < -0.3 is 10.6 Å². The number of nitrogens with zero attached hydrogens (tertiary/aromatic N) is 1. The van der Waals surface area contributed by atoms with Gasteiger partial charge in [-0.3, -0.25) is 10.1 Å². The van der Waals surface area contributed by atoms with Gasteiger partial charge in [-0.05, 0) is 54.1 Å². The van der Waals surface area contributed by atoms with Gasteiger partial charge in [-0.1, -0.05) is 24.3 Å². The molecule has 0 spiro atoms. The highest BCUT2D eigenvalue weighted by Gasteiger charge is 2.10. The van der Waals surface area contributed by atoms with Gasteiger partial charge in [0.1, 0.15) is 5.82 Å². The fraction of sp³-hybridized carbons (Fsp3) is 0.190. The van der Waals surface area contributed by atoms with Crippen LogP contribution < -0.4 is 16.0 Å². The van der Waals surface area contributed by atoms with E-state index in [1.807, 2.05) is 56.3 Å². The van der Waals surface area contributed by atoms with Crippen molar-refractivity contribution in [2.45, 2.75) is 20.8 Å². The second-order valence-electron chi connectivity index (χ2n) is 6.29. The summed E-state index contributed by atoms with van der Waals surface area (Å²) in [4.78, 5) is 27.5. The third-order valence-electron chi connectivity index (χ3n) is 4.19. The lowest BCUT2D eigenvalue weighted by atomic mass is 9.96. The molecule has 138 valence electrons. The Hall–Kier alpha value is -3.41. The van der Waals surface area contributed by atoms with Crippen LogP contribution in [0.3, 0.4) is 0 Å². The normalized spacial score (nSPS) is 10.5. The minimum Gasteiger partial charge on any atom is -0.338 e. The summed E-state index contributed by atoms with van der Waals surface area (Å²) in [5.41, 5.74) is 3.82. The number of pyridine rings is 1. The number of anilines is 2. The number of hydrogen-bond acceptors (Lipinski definition) is 3. The molecule has 1 aromatic heterocycles. The minimum atomic E-state index is -0.286. The Bertz CT molecular complexity index is 1010. The summed E-state index contributed by atoms with van der Waals surface area (Å²) < 4.78 is 0. The Balaban J connectivity index is 2.08. The molecule has 0 aliphatic carbocycles. The second kappa shape index (κ2) is 7.86. The summed E-state index contributed by atoms with van der Waals surface area (Å²) in [6.07, 6.45) is 1.77. The van der Waals surface area contributed by atoms with Crippen LogP contribution in [0.5, 0.6) is 0 Å². The number of fused-ring (bicyclic) bond motifs is 1. The molecule has 27 heavy (non-hydrogen) atoms. The average Bonchev–Trinajstić information content (AvgIpc) is 2.62. The average molecular weight is 362 g/mol. The van der Waals surface area contributed by atoms with Crippen molar-refractivity contribution in [3.8, 4) is 11.1 Å². The minimum absolute atomic E-state index is 0.112. The van der Waals surface area contributed by atoms with Crippen molar-refractivity contribution in [3.05, 3.63) is 54.2 Å². The summed E-state index contributed by atoms with van der Waals surface area (Å²) in [6, 6.07) is 13.4. The zero-order valence-corrected chi connectivity index (χ0v) is 15.6. The highest BCUT2D eigenvalue weighted by Crippen LogP contribution is 2.32. The Morgan fingerprint density at radius 2 is 1.85 bits per heavy atom. The lowest BCUT2D eigenvalue weighted by Crippen LogP contribution is -2.28. The van der Waals surface area contributed by atoms with Crippen LogP contribution in [-0.4, -0.2) is 23.5 Å². The van der Waals surface area contributed by atoms with Crippen LogP contribution >= 0.6 is 0 Å². The van der Waals surface area contributed by atoms with Crippen LogP contribution in [0.2, 0.25) is 0 Å². The first-order valence-electron chi connectivity index (χ1n) is 8.80. The number of benzene rings is 2. The van der Waals surface area contributed by atoms with Crippen LogP contribution in [0.25, 0.3) is 21.9 Å². The first-order valence-corrected chi connectivity index (χ1v) is 8.80. The first-order chi connectivity index (χ1) is 13.0. The smallest absolute Gasteiger partial charge is 0.320 e. The molecule has 0 saturated heterocycles. The SMILES string of the molecule is CCNC(=O)Nc1cc2c(-c3cccc(NC(C)=O)c3)ccc(C)c2cn1. The van der Waals surface area contributed by atoms with Gasteiger partial charge >= 0.3 is 6.03 Å². The standard InChI is InChI=1S/C21H22N4O2/c1-4-22-21(27)25-20-11-18-17(9-8-13(2)19(18)12-23-20)15-6-5-7-16(10-15)24-14(3)26/h5-12H,4H2,1-3H3,(H,24,26)(H2,22,23,25,27). The molecule has 6 heteroatoms. The van der Waals surface area contributed by atoms with Crippen molar-refractivity contribution < 1.29 is 9.59 Å². The predicted molar refractivity (Wildman–Crippen MR) is 109 cm³/mol. The number of urea groups is 1. The molecule has 3 rings (SSSR count). The first kappa shape index (κ1) is 18.4. The van der Waals surface area contributed by atoms with E-state index in [0.717, 1.165) is 33.2 Å². The molecular formula is C21H22N4O2. The van der Waals surface area contributed by atoms with Crippen LogP contribution in [0.15, 0.2) is 48.7 Å². The summed E-state index contributed by atoms with van der Waals surface area (Å²) >= 11 is 0. The molecule has 3 N–H and O–H groups in total. The molecular weight excluding hydrogens is 340 g/mol. The Kier molecular flexibility index (Phi) is 5.35. The van der Waals surface area contributed by atoms with E-state index < -0.39 is 0 Å². The fourth-order valence-electron chi connectivity index (χ4n) is 2.99. The summed E-state index contributed by atoms with van der Waals surface area (Å²) in [6.45, 7) is 5.91. The maximum absolute atomic E-state index is 11.8. The number of amides is 3. The number of nitrogens with one attached hydrogen (secondary N) is 3. The van der Waals surface area contributed by atoms with Gasteiger partial charge in [0.05, 0.1) is 0 Å². The Morgan fingerprint density at radius 1 is 1.04 bits per heavy atom. The van der Waals surface area contributed by atoms with Crippen molar-refractivity contribution in [3.63, 3.8) is 0 Å². The molecule has 6 nitrogen and oxygen atoms in total. The van der Waals surface area contributed by atoms with Gasteiger partial charge in [0.25, 0.3) is 0 Å². The van der Waals surface area contributed by atoms with E-state index in [-0.39, 0.29) is 11.9 Å². The Labute approximate surface area is 158 Å².